The van der Waals surface area contributed by atoms with Crippen molar-refractivity contribution in [1.82, 2.24) is 0 Å². The lowest BCUT2D eigenvalue weighted by Crippen LogP contribution is -2.21. The highest BCUT2D eigenvalue weighted by atomic mass is 79.9. The van der Waals surface area contributed by atoms with Crippen LogP contribution in [-0.2, 0) is 16.0 Å². The Balaban J connectivity index is 1.69. The van der Waals surface area contributed by atoms with Crippen LogP contribution in [0.2, 0.25) is 0 Å². The molecule has 0 aliphatic rings. The maximum absolute atomic E-state index is 12.5. The van der Waals surface area contributed by atoms with Gasteiger partial charge in [0.15, 0.2) is 6.61 Å². The zero-order valence-corrected chi connectivity index (χ0v) is 19.6. The van der Waals surface area contributed by atoms with Gasteiger partial charge in [0.05, 0.1) is 12.2 Å². The molecule has 0 spiro atoms. The van der Waals surface area contributed by atoms with Crippen LogP contribution < -0.4 is 10.1 Å². The minimum Gasteiger partial charge on any atom is -0.484 e. The molecular formula is C23H24BrNO4S. The lowest BCUT2D eigenvalue weighted by atomic mass is 10.0. The van der Waals surface area contributed by atoms with Crippen LogP contribution in [0.1, 0.15) is 36.7 Å². The monoisotopic (exact) mass is 489 g/mol. The van der Waals surface area contributed by atoms with Crippen molar-refractivity contribution in [3.8, 4) is 5.75 Å². The largest absolute Gasteiger partial charge is 0.484 e. The molecule has 5 nitrogen and oxygen atoms in total. The van der Waals surface area contributed by atoms with Crippen LogP contribution in [0, 0.1) is 5.92 Å². The van der Waals surface area contributed by atoms with Crippen LogP contribution in [0.15, 0.2) is 46.3 Å². The molecule has 0 aliphatic heterocycles. The van der Waals surface area contributed by atoms with Gasteiger partial charge in [-0.2, -0.15) is 0 Å². The second kappa shape index (κ2) is 10.1. The number of fused-ring (bicyclic) bond motifs is 1. The Kier molecular flexibility index (Phi) is 7.50. The summed E-state index contributed by atoms with van der Waals surface area (Å²) in [6.45, 7) is 6.06. The van der Waals surface area contributed by atoms with E-state index >= 15 is 0 Å². The number of hydrogen-bond donors (Lipinski definition) is 1. The van der Waals surface area contributed by atoms with Gasteiger partial charge >= 0.3 is 5.97 Å². The molecule has 1 amide bonds. The predicted molar refractivity (Wildman–Crippen MR) is 125 cm³/mol. The highest BCUT2D eigenvalue weighted by molar-refractivity contribution is 9.10. The third-order valence-electron chi connectivity index (χ3n) is 4.37. The zero-order chi connectivity index (χ0) is 21.7. The van der Waals surface area contributed by atoms with E-state index in [1.807, 2.05) is 41.8 Å². The van der Waals surface area contributed by atoms with E-state index in [0.29, 0.717) is 22.2 Å². The van der Waals surface area contributed by atoms with Gasteiger partial charge in [-0.25, -0.2) is 4.79 Å². The minimum atomic E-state index is -0.411. The first-order chi connectivity index (χ1) is 14.4. The van der Waals surface area contributed by atoms with E-state index in [1.54, 1.807) is 6.92 Å². The molecule has 0 bridgehead atoms. The van der Waals surface area contributed by atoms with Crippen LogP contribution in [-0.4, -0.2) is 25.1 Å². The molecular weight excluding hydrogens is 466 g/mol. The number of thiophene rings is 1. The van der Waals surface area contributed by atoms with E-state index in [4.69, 9.17) is 9.47 Å². The Morgan fingerprint density at radius 2 is 1.87 bits per heavy atom. The molecule has 0 aliphatic carbocycles. The Labute approximate surface area is 188 Å². The molecule has 7 heteroatoms. The van der Waals surface area contributed by atoms with Crippen LogP contribution in [0.3, 0.4) is 0 Å². The van der Waals surface area contributed by atoms with Crippen molar-refractivity contribution < 1.29 is 19.1 Å². The summed E-state index contributed by atoms with van der Waals surface area (Å²) in [6, 6.07) is 11.6. The molecule has 0 radical (unpaired) electrons. The number of amides is 1. The average molecular weight is 490 g/mol. The summed E-state index contributed by atoms with van der Waals surface area (Å²) in [7, 11) is 0. The van der Waals surface area contributed by atoms with Gasteiger partial charge in [-0.05, 0) is 65.2 Å². The van der Waals surface area contributed by atoms with E-state index in [1.165, 1.54) is 11.3 Å². The van der Waals surface area contributed by atoms with Crippen molar-refractivity contribution in [3.63, 3.8) is 0 Å². The fourth-order valence-electron chi connectivity index (χ4n) is 3.10. The smallest absolute Gasteiger partial charge is 0.341 e. The summed E-state index contributed by atoms with van der Waals surface area (Å²) in [5, 5.41) is 7.32. The molecule has 1 heterocycles. The average Bonchev–Trinajstić information content (AvgIpc) is 3.07. The molecule has 0 atom stereocenters. The summed E-state index contributed by atoms with van der Waals surface area (Å²) < 4.78 is 11.9. The zero-order valence-electron chi connectivity index (χ0n) is 17.2. The van der Waals surface area contributed by atoms with Gasteiger partial charge in [0.1, 0.15) is 10.8 Å². The van der Waals surface area contributed by atoms with Gasteiger partial charge in [-0.3, -0.25) is 4.79 Å². The van der Waals surface area contributed by atoms with Crippen molar-refractivity contribution >= 4 is 54.9 Å². The number of nitrogens with one attached hydrogen (secondary N) is 1. The quantitative estimate of drug-likeness (QED) is 0.390. The lowest BCUT2D eigenvalue weighted by Gasteiger charge is -2.11. The SMILES string of the molecule is CCOC(=O)c1c(CC(C)C)csc1NC(=O)COc1ccc2cc(Br)ccc2c1. The van der Waals surface area contributed by atoms with E-state index in [-0.39, 0.29) is 19.1 Å². The topological polar surface area (TPSA) is 64.6 Å². The van der Waals surface area contributed by atoms with E-state index in [2.05, 4.69) is 35.1 Å². The summed E-state index contributed by atoms with van der Waals surface area (Å²) >= 11 is 4.79. The van der Waals surface area contributed by atoms with E-state index < -0.39 is 5.97 Å². The number of rotatable bonds is 8. The summed E-state index contributed by atoms with van der Waals surface area (Å²) in [6.07, 6.45) is 0.740. The first kappa shape index (κ1) is 22.3. The molecule has 3 aromatic rings. The Hall–Kier alpha value is -2.38. The Bertz CT molecular complexity index is 1060. The number of ether oxygens (including phenoxy) is 2. The third-order valence-corrected chi connectivity index (χ3v) is 5.81. The van der Waals surface area contributed by atoms with Gasteiger partial charge in [-0.15, -0.1) is 11.3 Å². The Morgan fingerprint density at radius 3 is 2.60 bits per heavy atom. The number of carbonyl (C=O) groups is 2. The maximum atomic E-state index is 12.5. The highest BCUT2D eigenvalue weighted by Crippen LogP contribution is 2.31. The molecule has 2 aromatic carbocycles. The van der Waals surface area contributed by atoms with Crippen LogP contribution >= 0.6 is 27.3 Å². The van der Waals surface area contributed by atoms with Crippen molar-refractivity contribution in [3.05, 3.63) is 57.4 Å². The van der Waals surface area contributed by atoms with Crippen molar-refractivity contribution in [1.29, 1.82) is 0 Å². The van der Waals surface area contributed by atoms with Gasteiger partial charge in [0, 0.05) is 4.47 Å². The molecule has 1 aromatic heterocycles. The second-order valence-electron chi connectivity index (χ2n) is 7.27. The number of esters is 1. The van der Waals surface area contributed by atoms with Crippen molar-refractivity contribution in [2.75, 3.05) is 18.5 Å². The molecule has 158 valence electrons. The first-order valence-electron chi connectivity index (χ1n) is 9.76. The minimum absolute atomic E-state index is 0.151. The Morgan fingerprint density at radius 1 is 1.13 bits per heavy atom. The number of anilines is 1. The molecule has 0 unspecified atom stereocenters. The molecule has 3 rings (SSSR count). The van der Waals surface area contributed by atoms with Gasteiger partial charge in [-0.1, -0.05) is 41.9 Å². The maximum Gasteiger partial charge on any atom is 0.341 e. The van der Waals surface area contributed by atoms with Gasteiger partial charge < -0.3 is 14.8 Å². The van der Waals surface area contributed by atoms with E-state index in [0.717, 1.165) is 27.2 Å². The number of carbonyl (C=O) groups excluding carboxylic acids is 2. The van der Waals surface area contributed by atoms with Crippen LogP contribution in [0.5, 0.6) is 5.75 Å². The summed E-state index contributed by atoms with van der Waals surface area (Å²) in [4.78, 5) is 24.9. The van der Waals surface area contributed by atoms with Crippen LogP contribution in [0.4, 0.5) is 5.00 Å². The van der Waals surface area contributed by atoms with Crippen molar-refractivity contribution in [2.45, 2.75) is 27.2 Å². The lowest BCUT2D eigenvalue weighted by molar-refractivity contribution is -0.118. The van der Waals surface area contributed by atoms with Gasteiger partial charge in [0.25, 0.3) is 5.91 Å². The normalized spacial score (nSPS) is 11.0. The molecule has 0 saturated carbocycles. The molecule has 30 heavy (non-hydrogen) atoms. The van der Waals surface area contributed by atoms with Gasteiger partial charge in [0.2, 0.25) is 0 Å². The van der Waals surface area contributed by atoms with E-state index in [9.17, 15) is 9.59 Å². The summed E-state index contributed by atoms with van der Waals surface area (Å²) in [5.41, 5.74) is 1.34. The molecule has 0 saturated heterocycles. The molecule has 0 fully saturated rings. The number of hydrogen-bond acceptors (Lipinski definition) is 5. The van der Waals surface area contributed by atoms with Crippen molar-refractivity contribution in [2.24, 2.45) is 5.92 Å². The summed E-state index contributed by atoms with van der Waals surface area (Å²) in [5.74, 6) is 0.256. The third kappa shape index (κ3) is 5.61. The number of benzene rings is 2. The predicted octanol–water partition coefficient (Wildman–Crippen LogP) is 6.06. The fourth-order valence-corrected chi connectivity index (χ4v) is 4.46. The van der Waals surface area contributed by atoms with Crippen LogP contribution in [0.25, 0.3) is 10.8 Å². The second-order valence-corrected chi connectivity index (χ2v) is 9.07. The number of halogens is 1. The first-order valence-corrected chi connectivity index (χ1v) is 11.4. The fraction of sp³-hybridized carbons (Fsp3) is 0.304. The standard InChI is InChI=1S/C23H24BrNO4S/c1-4-28-23(27)21-17(9-14(2)3)13-30-22(21)25-20(26)12-29-19-8-6-15-10-18(24)7-5-16(15)11-19/h5-8,10-11,13-14H,4,9,12H2,1-3H3,(H,25,26). The highest BCUT2D eigenvalue weighted by Gasteiger charge is 2.22. The molecule has 1 N–H and O–H groups in total.